The minimum Gasteiger partial charge on any atom is -0.411 e. The van der Waals surface area contributed by atoms with E-state index in [2.05, 4.69) is 5.16 Å². The molecule has 0 aliphatic heterocycles. The maximum atomic E-state index is 8.69. The second-order valence-corrected chi connectivity index (χ2v) is 3.86. The first kappa shape index (κ1) is 7.14. The van der Waals surface area contributed by atoms with Gasteiger partial charge in [0, 0.05) is 5.92 Å². The number of rotatable bonds is 0. The molecular weight excluding hydrogens is 138 g/mol. The summed E-state index contributed by atoms with van der Waals surface area (Å²) in [6.07, 6.45) is 7.61. The maximum absolute atomic E-state index is 8.69. The molecule has 2 fully saturated rings. The second-order valence-electron chi connectivity index (χ2n) is 3.86. The molecule has 0 spiro atoms. The van der Waals surface area contributed by atoms with Crippen LogP contribution in [0.5, 0.6) is 0 Å². The van der Waals surface area contributed by atoms with Crippen molar-refractivity contribution in [3.8, 4) is 0 Å². The summed E-state index contributed by atoms with van der Waals surface area (Å²) in [5, 5.41) is 12.1. The number of nitrogens with zero attached hydrogens (tertiary/aromatic N) is 1. The first-order valence-electron chi connectivity index (χ1n) is 4.61. The fourth-order valence-corrected chi connectivity index (χ4v) is 2.54. The van der Waals surface area contributed by atoms with Crippen LogP contribution in [-0.2, 0) is 0 Å². The maximum Gasteiger partial charge on any atom is 0.0601 e. The van der Waals surface area contributed by atoms with Gasteiger partial charge >= 0.3 is 0 Å². The molecule has 2 heteroatoms. The standard InChI is InChI=1S/C9H15NO/c11-10-9-5-4-7-2-1-3-8(9)6-7/h7-8,11H,1-6H2/t7-,8+/m1/s1. The molecule has 0 heterocycles. The molecule has 11 heavy (non-hydrogen) atoms. The third-order valence-electron chi connectivity index (χ3n) is 3.19. The van der Waals surface area contributed by atoms with Crippen LogP contribution in [-0.4, -0.2) is 10.9 Å². The highest BCUT2D eigenvalue weighted by atomic mass is 16.4. The lowest BCUT2D eigenvalue weighted by molar-refractivity contribution is 0.257. The highest BCUT2D eigenvalue weighted by Gasteiger charge is 2.30. The third-order valence-corrected chi connectivity index (χ3v) is 3.19. The van der Waals surface area contributed by atoms with E-state index in [4.69, 9.17) is 5.21 Å². The van der Waals surface area contributed by atoms with Gasteiger partial charge in [0.15, 0.2) is 0 Å². The number of fused-ring (bicyclic) bond motifs is 2. The molecular formula is C9H15NO. The van der Waals surface area contributed by atoms with Crippen molar-refractivity contribution < 1.29 is 5.21 Å². The SMILES string of the molecule is ON=C1CC[C@H]2CCC[C@H]1C2. The molecule has 2 aliphatic carbocycles. The average molecular weight is 153 g/mol. The Morgan fingerprint density at radius 3 is 3.00 bits per heavy atom. The van der Waals surface area contributed by atoms with E-state index < -0.39 is 0 Å². The predicted molar refractivity (Wildman–Crippen MR) is 43.9 cm³/mol. The summed E-state index contributed by atoms with van der Waals surface area (Å²) in [4.78, 5) is 0. The van der Waals surface area contributed by atoms with E-state index in [1.165, 1.54) is 32.1 Å². The van der Waals surface area contributed by atoms with Gasteiger partial charge < -0.3 is 5.21 Å². The van der Waals surface area contributed by atoms with Crippen LogP contribution in [0.2, 0.25) is 0 Å². The van der Waals surface area contributed by atoms with Crippen LogP contribution in [0.15, 0.2) is 5.16 Å². The van der Waals surface area contributed by atoms with E-state index >= 15 is 0 Å². The van der Waals surface area contributed by atoms with Gasteiger partial charge in [-0.15, -0.1) is 0 Å². The van der Waals surface area contributed by atoms with Crippen molar-refractivity contribution in [3.63, 3.8) is 0 Å². The van der Waals surface area contributed by atoms with E-state index in [0.717, 1.165) is 18.1 Å². The zero-order chi connectivity index (χ0) is 7.68. The Labute approximate surface area is 67.3 Å². The first-order valence-corrected chi connectivity index (χ1v) is 4.61. The van der Waals surface area contributed by atoms with Crippen molar-refractivity contribution in [2.45, 2.75) is 38.5 Å². The smallest absolute Gasteiger partial charge is 0.0601 e. The highest BCUT2D eigenvalue weighted by molar-refractivity contribution is 5.87. The molecule has 0 amide bonds. The van der Waals surface area contributed by atoms with Gasteiger partial charge in [-0.05, 0) is 31.6 Å². The first-order chi connectivity index (χ1) is 5.40. The molecule has 2 nitrogen and oxygen atoms in total. The van der Waals surface area contributed by atoms with Crippen molar-refractivity contribution in [2.75, 3.05) is 0 Å². The molecule has 2 aliphatic rings. The molecule has 62 valence electrons. The molecule has 1 N–H and O–H groups in total. The zero-order valence-electron chi connectivity index (χ0n) is 6.79. The van der Waals surface area contributed by atoms with Crippen LogP contribution in [0.1, 0.15) is 38.5 Å². The molecule has 2 atom stereocenters. The van der Waals surface area contributed by atoms with Crippen LogP contribution in [0, 0.1) is 11.8 Å². The Balaban J connectivity index is 2.08. The average Bonchev–Trinajstić information content (AvgIpc) is 2.06. The number of hydrogen-bond donors (Lipinski definition) is 1. The van der Waals surface area contributed by atoms with Gasteiger partial charge in [-0.2, -0.15) is 0 Å². The topological polar surface area (TPSA) is 32.6 Å². The predicted octanol–water partition coefficient (Wildman–Crippen LogP) is 2.42. The van der Waals surface area contributed by atoms with Gasteiger partial charge in [-0.1, -0.05) is 18.0 Å². The summed E-state index contributed by atoms with van der Waals surface area (Å²) < 4.78 is 0. The monoisotopic (exact) mass is 153 g/mol. The molecule has 2 bridgehead atoms. The van der Waals surface area contributed by atoms with E-state index in [0.29, 0.717) is 5.92 Å². The fraction of sp³-hybridized carbons (Fsp3) is 0.889. The summed E-state index contributed by atoms with van der Waals surface area (Å²) in [6.45, 7) is 0. The largest absolute Gasteiger partial charge is 0.411 e. The Kier molecular flexibility index (Phi) is 1.84. The van der Waals surface area contributed by atoms with Gasteiger partial charge in [0.2, 0.25) is 0 Å². The summed E-state index contributed by atoms with van der Waals surface area (Å²) in [7, 11) is 0. The third kappa shape index (κ3) is 1.26. The minimum absolute atomic E-state index is 0.632. The molecule has 0 aromatic carbocycles. The lowest BCUT2D eigenvalue weighted by atomic mass is 9.71. The Morgan fingerprint density at radius 2 is 2.18 bits per heavy atom. The van der Waals surface area contributed by atoms with Crippen LogP contribution >= 0.6 is 0 Å². The molecule has 0 saturated heterocycles. The lowest BCUT2D eigenvalue weighted by Gasteiger charge is -2.34. The number of hydrogen-bond acceptors (Lipinski definition) is 2. The molecule has 0 unspecified atom stereocenters. The Bertz CT molecular complexity index is 176. The fourth-order valence-electron chi connectivity index (χ4n) is 2.54. The van der Waals surface area contributed by atoms with Crippen LogP contribution < -0.4 is 0 Å². The normalized spacial score (nSPS) is 40.9. The van der Waals surface area contributed by atoms with Gasteiger partial charge in [-0.25, -0.2) is 0 Å². The van der Waals surface area contributed by atoms with Crippen LogP contribution in [0.25, 0.3) is 0 Å². The highest BCUT2D eigenvalue weighted by Crippen LogP contribution is 2.38. The minimum atomic E-state index is 0.632. The van der Waals surface area contributed by atoms with Crippen LogP contribution in [0.3, 0.4) is 0 Å². The summed E-state index contributed by atoms with van der Waals surface area (Å²) in [5.41, 5.74) is 1.07. The van der Waals surface area contributed by atoms with Crippen molar-refractivity contribution in [2.24, 2.45) is 17.0 Å². The van der Waals surface area contributed by atoms with Gasteiger partial charge in [0.05, 0.1) is 5.71 Å². The molecule has 0 aromatic rings. The summed E-state index contributed by atoms with van der Waals surface area (Å²) >= 11 is 0. The lowest BCUT2D eigenvalue weighted by Crippen LogP contribution is -2.28. The molecule has 0 aromatic heterocycles. The van der Waals surface area contributed by atoms with Crippen molar-refractivity contribution in [1.82, 2.24) is 0 Å². The molecule has 2 rings (SSSR count). The number of oxime groups is 1. The van der Waals surface area contributed by atoms with E-state index in [1.807, 2.05) is 0 Å². The van der Waals surface area contributed by atoms with Gasteiger partial charge in [0.1, 0.15) is 0 Å². The Hall–Kier alpha value is -0.530. The van der Waals surface area contributed by atoms with Gasteiger partial charge in [0.25, 0.3) is 0 Å². The zero-order valence-corrected chi connectivity index (χ0v) is 6.79. The molecule has 0 radical (unpaired) electrons. The Morgan fingerprint density at radius 1 is 1.27 bits per heavy atom. The van der Waals surface area contributed by atoms with E-state index in [1.54, 1.807) is 0 Å². The second kappa shape index (κ2) is 2.84. The van der Waals surface area contributed by atoms with Crippen molar-refractivity contribution in [1.29, 1.82) is 0 Å². The molecule has 2 saturated carbocycles. The van der Waals surface area contributed by atoms with E-state index in [9.17, 15) is 0 Å². The van der Waals surface area contributed by atoms with Crippen molar-refractivity contribution in [3.05, 3.63) is 0 Å². The van der Waals surface area contributed by atoms with Gasteiger partial charge in [-0.3, -0.25) is 0 Å². The summed E-state index contributed by atoms with van der Waals surface area (Å²) in [6, 6.07) is 0. The van der Waals surface area contributed by atoms with Crippen LogP contribution in [0.4, 0.5) is 0 Å². The van der Waals surface area contributed by atoms with Crippen molar-refractivity contribution >= 4 is 5.71 Å². The quantitative estimate of drug-likeness (QED) is 0.420. The summed E-state index contributed by atoms with van der Waals surface area (Å²) in [5.74, 6) is 1.58. The van der Waals surface area contributed by atoms with E-state index in [-0.39, 0.29) is 0 Å².